The molecular weight excluding hydrogens is 308 g/mol. The molecule has 3 rings (SSSR count). The number of unbranched alkanes of at least 4 members (excludes halogenated alkanes) is 2. The van der Waals surface area contributed by atoms with Crippen molar-refractivity contribution in [3.05, 3.63) is 65.7 Å². The van der Waals surface area contributed by atoms with E-state index < -0.39 is 0 Å². The summed E-state index contributed by atoms with van der Waals surface area (Å²) in [6, 6.07) is 17.9. The van der Waals surface area contributed by atoms with E-state index in [0.717, 1.165) is 52.5 Å². The largest absolute Gasteiger partial charge is 0.352 e. The Bertz CT molecular complexity index is 872. The average Bonchev–Trinajstić information content (AvgIpc) is 2.65. The van der Waals surface area contributed by atoms with Crippen LogP contribution < -0.4 is 5.32 Å². The molecule has 1 aromatic heterocycles. The summed E-state index contributed by atoms with van der Waals surface area (Å²) in [5, 5.41) is 3.99. The van der Waals surface area contributed by atoms with E-state index >= 15 is 0 Å². The van der Waals surface area contributed by atoms with Crippen molar-refractivity contribution in [1.29, 1.82) is 0 Å². The van der Waals surface area contributed by atoms with E-state index in [0.29, 0.717) is 6.54 Å². The van der Waals surface area contributed by atoms with Crippen LogP contribution in [0, 0.1) is 6.92 Å². The number of rotatable bonds is 6. The van der Waals surface area contributed by atoms with Crippen LogP contribution in [0.5, 0.6) is 0 Å². The van der Waals surface area contributed by atoms with Crippen molar-refractivity contribution in [3.8, 4) is 11.3 Å². The number of nitrogens with one attached hydrogen (secondary N) is 1. The van der Waals surface area contributed by atoms with Crippen LogP contribution in [0.1, 0.15) is 42.1 Å². The fraction of sp³-hybridized carbons (Fsp3) is 0.273. The molecule has 0 saturated carbocycles. The smallest absolute Gasteiger partial charge is 0.252 e. The molecule has 0 aliphatic carbocycles. The molecule has 128 valence electrons. The van der Waals surface area contributed by atoms with Crippen LogP contribution in [-0.2, 0) is 0 Å². The van der Waals surface area contributed by atoms with Gasteiger partial charge in [0.1, 0.15) is 0 Å². The molecule has 3 heteroatoms. The standard InChI is InChI=1S/C22H24N2O/c1-3-4-10-15-23-22(25)20-16(2)21(17-11-6-5-7-12-17)24-19-14-9-8-13-18(19)20/h5-9,11-14H,3-4,10,15H2,1-2H3,(H,23,25). The number of fused-ring (bicyclic) bond motifs is 1. The van der Waals surface area contributed by atoms with E-state index in [2.05, 4.69) is 12.2 Å². The third-order valence-electron chi connectivity index (χ3n) is 4.48. The van der Waals surface area contributed by atoms with Crippen molar-refractivity contribution in [3.63, 3.8) is 0 Å². The van der Waals surface area contributed by atoms with Gasteiger partial charge < -0.3 is 5.32 Å². The molecule has 1 heterocycles. The van der Waals surface area contributed by atoms with Gasteiger partial charge >= 0.3 is 0 Å². The molecule has 1 amide bonds. The molecule has 0 aliphatic rings. The highest BCUT2D eigenvalue weighted by atomic mass is 16.1. The summed E-state index contributed by atoms with van der Waals surface area (Å²) in [4.78, 5) is 17.7. The van der Waals surface area contributed by atoms with Gasteiger partial charge in [-0.05, 0) is 25.0 Å². The highest BCUT2D eigenvalue weighted by molar-refractivity contribution is 6.08. The topological polar surface area (TPSA) is 42.0 Å². The summed E-state index contributed by atoms with van der Waals surface area (Å²) in [6.07, 6.45) is 3.28. The van der Waals surface area contributed by atoms with Crippen molar-refractivity contribution >= 4 is 16.8 Å². The Hall–Kier alpha value is -2.68. The minimum Gasteiger partial charge on any atom is -0.352 e. The molecule has 0 aliphatic heterocycles. The molecule has 0 radical (unpaired) electrons. The van der Waals surface area contributed by atoms with Gasteiger partial charge in [0.05, 0.1) is 16.8 Å². The normalized spacial score (nSPS) is 10.8. The molecule has 0 saturated heterocycles. The molecule has 25 heavy (non-hydrogen) atoms. The van der Waals surface area contributed by atoms with E-state index in [9.17, 15) is 4.79 Å². The molecule has 3 aromatic rings. The Morgan fingerprint density at radius 3 is 2.48 bits per heavy atom. The Balaban J connectivity index is 2.06. The lowest BCUT2D eigenvalue weighted by atomic mass is 9.97. The molecule has 1 N–H and O–H groups in total. The van der Waals surface area contributed by atoms with Crippen LogP contribution in [0.3, 0.4) is 0 Å². The summed E-state index contributed by atoms with van der Waals surface area (Å²) in [7, 11) is 0. The number of pyridine rings is 1. The minimum atomic E-state index is -0.00983. The first kappa shape index (κ1) is 17.2. The van der Waals surface area contributed by atoms with Gasteiger partial charge in [0.25, 0.3) is 5.91 Å². The van der Waals surface area contributed by atoms with Crippen LogP contribution in [0.25, 0.3) is 22.2 Å². The molecule has 3 nitrogen and oxygen atoms in total. The predicted octanol–water partition coefficient (Wildman–Crippen LogP) is 5.13. The molecular formula is C22H24N2O. The van der Waals surface area contributed by atoms with E-state index in [4.69, 9.17) is 4.98 Å². The maximum atomic E-state index is 12.9. The van der Waals surface area contributed by atoms with Crippen molar-refractivity contribution in [2.24, 2.45) is 0 Å². The number of carbonyl (C=O) groups excluding carboxylic acids is 1. The Kier molecular flexibility index (Phi) is 5.44. The number of nitrogens with zero attached hydrogens (tertiary/aromatic N) is 1. The van der Waals surface area contributed by atoms with Gasteiger partial charge in [-0.3, -0.25) is 4.79 Å². The average molecular weight is 332 g/mol. The number of hydrogen-bond acceptors (Lipinski definition) is 2. The van der Waals surface area contributed by atoms with Crippen molar-refractivity contribution in [2.75, 3.05) is 6.54 Å². The van der Waals surface area contributed by atoms with E-state index in [1.54, 1.807) is 0 Å². The highest BCUT2D eigenvalue weighted by Crippen LogP contribution is 2.29. The molecule has 0 spiro atoms. The van der Waals surface area contributed by atoms with Gasteiger partial charge in [0.2, 0.25) is 0 Å². The Labute approximate surface area is 149 Å². The molecule has 2 aromatic carbocycles. The molecule has 0 atom stereocenters. The zero-order chi connectivity index (χ0) is 17.6. The van der Waals surface area contributed by atoms with E-state index in [1.807, 2.05) is 61.5 Å². The quantitative estimate of drug-likeness (QED) is 0.636. The number of carbonyl (C=O) groups is 1. The van der Waals surface area contributed by atoms with Gasteiger partial charge in [-0.25, -0.2) is 4.98 Å². The summed E-state index contributed by atoms with van der Waals surface area (Å²) in [6.45, 7) is 4.86. The lowest BCUT2D eigenvalue weighted by Crippen LogP contribution is -2.25. The highest BCUT2D eigenvalue weighted by Gasteiger charge is 2.18. The summed E-state index contributed by atoms with van der Waals surface area (Å²) in [5.74, 6) is -0.00983. The second kappa shape index (κ2) is 7.93. The zero-order valence-corrected chi connectivity index (χ0v) is 14.9. The SMILES string of the molecule is CCCCCNC(=O)c1c(C)c(-c2ccccc2)nc2ccccc12. The lowest BCUT2D eigenvalue weighted by molar-refractivity contribution is 0.0954. The number of amides is 1. The van der Waals surface area contributed by atoms with Gasteiger partial charge in [-0.15, -0.1) is 0 Å². The third-order valence-corrected chi connectivity index (χ3v) is 4.48. The van der Waals surface area contributed by atoms with E-state index in [-0.39, 0.29) is 5.91 Å². The molecule has 0 bridgehead atoms. The Morgan fingerprint density at radius 1 is 1.00 bits per heavy atom. The minimum absolute atomic E-state index is 0.00983. The summed E-state index contributed by atoms with van der Waals surface area (Å²) in [5.41, 5.74) is 4.42. The number of benzene rings is 2. The maximum Gasteiger partial charge on any atom is 0.252 e. The van der Waals surface area contributed by atoms with Crippen LogP contribution in [0.15, 0.2) is 54.6 Å². The zero-order valence-electron chi connectivity index (χ0n) is 14.9. The number of hydrogen-bond donors (Lipinski definition) is 1. The first-order chi connectivity index (χ1) is 12.2. The molecule has 0 unspecified atom stereocenters. The van der Waals surface area contributed by atoms with Crippen LogP contribution >= 0.6 is 0 Å². The molecule has 0 fully saturated rings. The van der Waals surface area contributed by atoms with Crippen LogP contribution in [0.4, 0.5) is 0 Å². The van der Waals surface area contributed by atoms with Gasteiger partial charge in [-0.2, -0.15) is 0 Å². The Morgan fingerprint density at radius 2 is 1.72 bits per heavy atom. The monoisotopic (exact) mass is 332 g/mol. The lowest BCUT2D eigenvalue weighted by Gasteiger charge is -2.14. The third kappa shape index (κ3) is 3.71. The first-order valence-electron chi connectivity index (χ1n) is 8.95. The van der Waals surface area contributed by atoms with E-state index in [1.165, 1.54) is 0 Å². The fourth-order valence-electron chi connectivity index (χ4n) is 3.14. The fourth-order valence-corrected chi connectivity index (χ4v) is 3.14. The number of aromatic nitrogens is 1. The second-order valence-electron chi connectivity index (χ2n) is 6.31. The maximum absolute atomic E-state index is 12.9. The number of para-hydroxylation sites is 1. The second-order valence-corrected chi connectivity index (χ2v) is 6.31. The van der Waals surface area contributed by atoms with Crippen LogP contribution in [0.2, 0.25) is 0 Å². The van der Waals surface area contributed by atoms with Crippen LogP contribution in [-0.4, -0.2) is 17.4 Å². The first-order valence-corrected chi connectivity index (χ1v) is 8.95. The van der Waals surface area contributed by atoms with Crippen molar-refractivity contribution in [2.45, 2.75) is 33.1 Å². The van der Waals surface area contributed by atoms with Crippen molar-refractivity contribution < 1.29 is 4.79 Å². The summed E-state index contributed by atoms with van der Waals surface area (Å²) < 4.78 is 0. The predicted molar refractivity (Wildman–Crippen MR) is 104 cm³/mol. The van der Waals surface area contributed by atoms with Gasteiger partial charge in [0, 0.05) is 17.5 Å². The summed E-state index contributed by atoms with van der Waals surface area (Å²) >= 11 is 0. The van der Waals surface area contributed by atoms with Gasteiger partial charge in [-0.1, -0.05) is 68.3 Å². The van der Waals surface area contributed by atoms with Gasteiger partial charge in [0.15, 0.2) is 0 Å². The van der Waals surface area contributed by atoms with Crippen molar-refractivity contribution in [1.82, 2.24) is 10.3 Å².